The molecule has 1 aliphatic heterocycles. The lowest BCUT2D eigenvalue weighted by Gasteiger charge is -2.22. The minimum Gasteiger partial charge on any atom is -0.368 e. The fraction of sp³-hybridized carbons (Fsp3) is 0.333. The number of aryl methyl sites for hydroxylation is 1. The Bertz CT molecular complexity index is 1340. The number of ether oxygens (including phenoxy) is 1. The molecule has 170 valence electrons. The molecule has 1 amide bonds. The van der Waals surface area contributed by atoms with Crippen molar-refractivity contribution < 1.29 is 9.53 Å². The third kappa shape index (κ3) is 4.31. The minimum atomic E-state index is -0.542. The van der Waals surface area contributed by atoms with Crippen molar-refractivity contribution in [3.05, 3.63) is 82.3 Å². The second-order valence-corrected chi connectivity index (χ2v) is 8.17. The van der Waals surface area contributed by atoms with Gasteiger partial charge in [-0.2, -0.15) is 5.10 Å². The SMILES string of the molecule is Cn1c(CCNC(=O)CC2OCCn3c2nn(Cc2ccccc2)c3=O)nc2ccccc21. The lowest BCUT2D eigenvalue weighted by Crippen LogP contribution is -2.33. The summed E-state index contributed by atoms with van der Waals surface area (Å²) in [5.74, 6) is 1.28. The maximum absolute atomic E-state index is 12.8. The van der Waals surface area contributed by atoms with Gasteiger partial charge in [-0.05, 0) is 17.7 Å². The van der Waals surface area contributed by atoms with Gasteiger partial charge in [0.25, 0.3) is 0 Å². The van der Waals surface area contributed by atoms with Crippen molar-refractivity contribution in [2.45, 2.75) is 32.0 Å². The molecule has 1 aliphatic rings. The summed E-state index contributed by atoms with van der Waals surface area (Å²) in [6.45, 7) is 1.67. The van der Waals surface area contributed by atoms with Crippen molar-refractivity contribution in [2.24, 2.45) is 7.05 Å². The molecule has 2 aromatic carbocycles. The molecular formula is C24H26N6O3. The standard InChI is InChI=1S/C24H26N6O3/c1-28-19-10-6-5-9-18(19)26-21(28)11-12-25-22(31)15-20-23-27-30(16-17-7-3-2-4-8-17)24(32)29(23)13-14-33-20/h2-10,20H,11-16H2,1H3,(H,25,31). The number of carbonyl (C=O) groups excluding carboxylic acids is 1. The highest BCUT2D eigenvalue weighted by molar-refractivity contribution is 5.77. The molecule has 0 fully saturated rings. The number of aromatic nitrogens is 5. The smallest absolute Gasteiger partial charge is 0.346 e. The lowest BCUT2D eigenvalue weighted by molar-refractivity contribution is -0.125. The highest BCUT2D eigenvalue weighted by Crippen LogP contribution is 2.22. The van der Waals surface area contributed by atoms with Gasteiger partial charge in [-0.3, -0.25) is 9.36 Å². The van der Waals surface area contributed by atoms with Crippen molar-refractivity contribution in [1.82, 2.24) is 29.2 Å². The topological polar surface area (TPSA) is 96.0 Å². The average molecular weight is 447 g/mol. The Kier molecular flexibility index (Phi) is 5.78. The lowest BCUT2D eigenvalue weighted by atomic mass is 10.2. The fourth-order valence-corrected chi connectivity index (χ4v) is 4.25. The van der Waals surface area contributed by atoms with Gasteiger partial charge in [0, 0.05) is 20.0 Å². The third-order valence-corrected chi connectivity index (χ3v) is 5.97. The van der Waals surface area contributed by atoms with Gasteiger partial charge in [0.05, 0.1) is 37.2 Å². The van der Waals surface area contributed by atoms with Crippen LogP contribution in [-0.2, 0) is 36.1 Å². The van der Waals surface area contributed by atoms with Gasteiger partial charge in [-0.1, -0.05) is 42.5 Å². The Morgan fingerprint density at radius 3 is 2.76 bits per heavy atom. The van der Waals surface area contributed by atoms with E-state index in [0.29, 0.717) is 38.5 Å². The number of hydrogen-bond acceptors (Lipinski definition) is 5. The predicted octanol–water partition coefficient (Wildman–Crippen LogP) is 1.80. The van der Waals surface area contributed by atoms with Gasteiger partial charge < -0.3 is 14.6 Å². The molecule has 0 aliphatic carbocycles. The summed E-state index contributed by atoms with van der Waals surface area (Å²) < 4.78 is 10.9. The Morgan fingerprint density at radius 1 is 1.15 bits per heavy atom. The van der Waals surface area contributed by atoms with Crippen LogP contribution in [0.4, 0.5) is 0 Å². The molecule has 5 rings (SSSR count). The van der Waals surface area contributed by atoms with E-state index in [1.165, 1.54) is 4.68 Å². The van der Waals surface area contributed by atoms with Crippen LogP contribution in [0.3, 0.4) is 0 Å². The number of hydrogen-bond donors (Lipinski definition) is 1. The monoisotopic (exact) mass is 446 g/mol. The number of para-hydroxylation sites is 2. The quantitative estimate of drug-likeness (QED) is 0.467. The van der Waals surface area contributed by atoms with Gasteiger partial charge in [0.15, 0.2) is 5.82 Å². The summed E-state index contributed by atoms with van der Waals surface area (Å²) in [6.07, 6.45) is 0.197. The Hall–Kier alpha value is -3.72. The van der Waals surface area contributed by atoms with E-state index in [-0.39, 0.29) is 18.0 Å². The first-order valence-corrected chi connectivity index (χ1v) is 11.1. The van der Waals surface area contributed by atoms with E-state index in [0.717, 1.165) is 22.4 Å². The van der Waals surface area contributed by atoms with Crippen LogP contribution >= 0.6 is 0 Å². The van der Waals surface area contributed by atoms with Crippen LogP contribution in [0.1, 0.15) is 29.7 Å². The number of carbonyl (C=O) groups is 1. The van der Waals surface area contributed by atoms with Crippen molar-refractivity contribution in [1.29, 1.82) is 0 Å². The maximum Gasteiger partial charge on any atom is 0.346 e. The largest absolute Gasteiger partial charge is 0.368 e. The number of imidazole rings is 1. The molecule has 4 aromatic rings. The first-order chi connectivity index (χ1) is 16.1. The number of fused-ring (bicyclic) bond motifs is 2. The highest BCUT2D eigenvalue weighted by Gasteiger charge is 2.28. The van der Waals surface area contributed by atoms with Crippen molar-refractivity contribution in [2.75, 3.05) is 13.2 Å². The second kappa shape index (κ2) is 9.03. The van der Waals surface area contributed by atoms with E-state index < -0.39 is 6.10 Å². The molecule has 9 heteroatoms. The average Bonchev–Trinajstić information content (AvgIpc) is 3.32. The number of nitrogens with one attached hydrogen (secondary N) is 1. The number of amides is 1. The number of nitrogens with zero attached hydrogens (tertiary/aromatic N) is 5. The summed E-state index contributed by atoms with van der Waals surface area (Å²) >= 11 is 0. The summed E-state index contributed by atoms with van der Waals surface area (Å²) in [5.41, 5.74) is 2.83. The molecule has 1 N–H and O–H groups in total. The molecule has 33 heavy (non-hydrogen) atoms. The summed E-state index contributed by atoms with van der Waals surface area (Å²) in [5, 5.41) is 7.44. The fourth-order valence-electron chi connectivity index (χ4n) is 4.25. The zero-order chi connectivity index (χ0) is 22.8. The van der Waals surface area contributed by atoms with Crippen molar-refractivity contribution >= 4 is 16.9 Å². The van der Waals surface area contributed by atoms with E-state index in [9.17, 15) is 9.59 Å². The minimum absolute atomic E-state index is 0.115. The van der Waals surface area contributed by atoms with E-state index in [1.807, 2.05) is 66.2 Å². The Labute approximate surface area is 190 Å². The van der Waals surface area contributed by atoms with Gasteiger partial charge in [0.2, 0.25) is 5.91 Å². The third-order valence-electron chi connectivity index (χ3n) is 5.97. The second-order valence-electron chi connectivity index (χ2n) is 8.17. The maximum atomic E-state index is 12.8. The van der Waals surface area contributed by atoms with Crippen LogP contribution in [0, 0.1) is 0 Å². The van der Waals surface area contributed by atoms with Crippen molar-refractivity contribution in [3.8, 4) is 0 Å². The molecule has 9 nitrogen and oxygen atoms in total. The van der Waals surface area contributed by atoms with E-state index >= 15 is 0 Å². The zero-order valence-electron chi connectivity index (χ0n) is 18.5. The van der Waals surface area contributed by atoms with E-state index in [4.69, 9.17) is 4.74 Å². The molecule has 1 atom stereocenters. The molecule has 0 radical (unpaired) electrons. The molecule has 0 spiro atoms. The highest BCUT2D eigenvalue weighted by atomic mass is 16.5. The molecule has 0 bridgehead atoms. The van der Waals surface area contributed by atoms with Crippen LogP contribution in [0.2, 0.25) is 0 Å². The molecule has 2 aromatic heterocycles. The normalized spacial score (nSPS) is 15.5. The Morgan fingerprint density at radius 2 is 1.94 bits per heavy atom. The molecular weight excluding hydrogens is 420 g/mol. The van der Waals surface area contributed by atoms with Gasteiger partial charge in [-0.25, -0.2) is 14.5 Å². The molecule has 0 saturated carbocycles. The first-order valence-electron chi connectivity index (χ1n) is 11.1. The van der Waals surface area contributed by atoms with Gasteiger partial charge in [0.1, 0.15) is 11.9 Å². The summed E-state index contributed by atoms with van der Waals surface area (Å²) in [6, 6.07) is 17.7. The van der Waals surface area contributed by atoms with E-state index in [1.54, 1.807) is 4.57 Å². The zero-order valence-corrected chi connectivity index (χ0v) is 18.5. The van der Waals surface area contributed by atoms with E-state index in [2.05, 4.69) is 15.4 Å². The van der Waals surface area contributed by atoms with Crippen LogP contribution in [0.15, 0.2) is 59.4 Å². The number of rotatable bonds is 7. The van der Waals surface area contributed by atoms with Gasteiger partial charge >= 0.3 is 5.69 Å². The Balaban J connectivity index is 1.22. The molecule has 0 saturated heterocycles. The summed E-state index contributed by atoms with van der Waals surface area (Å²) in [4.78, 5) is 30.0. The van der Waals surface area contributed by atoms with Crippen molar-refractivity contribution in [3.63, 3.8) is 0 Å². The van der Waals surface area contributed by atoms with Gasteiger partial charge in [-0.15, -0.1) is 0 Å². The molecule has 1 unspecified atom stereocenters. The van der Waals surface area contributed by atoms with Crippen LogP contribution in [0.5, 0.6) is 0 Å². The van der Waals surface area contributed by atoms with Crippen LogP contribution < -0.4 is 11.0 Å². The summed E-state index contributed by atoms with van der Waals surface area (Å²) in [7, 11) is 1.98. The number of benzene rings is 2. The van der Waals surface area contributed by atoms with Crippen LogP contribution in [-0.4, -0.2) is 43.0 Å². The first kappa shape index (κ1) is 21.1. The predicted molar refractivity (Wildman–Crippen MR) is 123 cm³/mol. The van der Waals surface area contributed by atoms with Crippen LogP contribution in [0.25, 0.3) is 11.0 Å². The molecule has 3 heterocycles.